The highest BCUT2D eigenvalue weighted by atomic mass is 35.5. The summed E-state index contributed by atoms with van der Waals surface area (Å²) in [5.74, 6) is -0.181. The quantitative estimate of drug-likeness (QED) is 0.0838. The number of ether oxygens (including phenoxy) is 1. The zero-order valence-corrected chi connectivity index (χ0v) is 32.9. The van der Waals surface area contributed by atoms with Gasteiger partial charge in [-0.2, -0.15) is 0 Å². The Labute approximate surface area is 342 Å². The third-order valence-electron chi connectivity index (χ3n) is 10.9. The molecule has 7 rings (SSSR count). The number of alkyl halides is 1. The summed E-state index contributed by atoms with van der Waals surface area (Å²) in [6.45, 7) is 3.81. The second kappa shape index (κ2) is 18.5. The summed E-state index contributed by atoms with van der Waals surface area (Å²) in [5.41, 5.74) is 6.73. The monoisotopic (exact) mass is 803 g/mol. The molecule has 1 atom stereocenters. The highest BCUT2D eigenvalue weighted by Crippen LogP contribution is 2.36. The van der Waals surface area contributed by atoms with Crippen molar-refractivity contribution in [1.82, 2.24) is 20.0 Å². The summed E-state index contributed by atoms with van der Waals surface area (Å²) < 4.78 is 6.14. The summed E-state index contributed by atoms with van der Waals surface area (Å²) in [6, 6.07) is 29.7. The predicted molar refractivity (Wildman–Crippen MR) is 221 cm³/mol. The molecule has 4 aromatic rings. The zero-order chi connectivity index (χ0) is 40.6. The molecule has 0 aliphatic carbocycles. The number of piperidine rings is 1. The Hall–Kier alpha value is -5.98. The summed E-state index contributed by atoms with van der Waals surface area (Å²) in [6.07, 6.45) is 1.13. The van der Waals surface area contributed by atoms with Crippen LogP contribution in [0.4, 0.5) is 5.69 Å². The van der Waals surface area contributed by atoms with Crippen LogP contribution in [0.2, 0.25) is 0 Å². The van der Waals surface area contributed by atoms with Crippen molar-refractivity contribution in [3.05, 3.63) is 125 Å². The lowest BCUT2D eigenvalue weighted by Crippen LogP contribution is -2.52. The molecule has 0 bridgehead atoms. The van der Waals surface area contributed by atoms with Crippen LogP contribution in [0.1, 0.15) is 64.7 Å². The molecule has 0 radical (unpaired) electrons. The first-order chi connectivity index (χ1) is 28.2. The topological polar surface area (TPSA) is 149 Å². The maximum atomic E-state index is 13.1. The number of fused-ring (bicyclic) bond motifs is 1. The van der Waals surface area contributed by atoms with Gasteiger partial charge in [0.05, 0.1) is 0 Å². The van der Waals surface area contributed by atoms with Gasteiger partial charge in [-0.3, -0.25) is 34.2 Å². The smallest absolute Gasteiger partial charge is 0.255 e. The number of nitrogens with one attached hydrogen (secondary N) is 2. The average molecular weight is 804 g/mol. The van der Waals surface area contributed by atoms with Gasteiger partial charge in [0, 0.05) is 81.2 Å². The number of allylic oxidation sites excluding steroid dienone is 1. The van der Waals surface area contributed by atoms with Gasteiger partial charge in [0.15, 0.2) is 0 Å². The number of hydrogen-bond acceptors (Lipinski definition) is 8. The van der Waals surface area contributed by atoms with Crippen molar-refractivity contribution in [3.8, 4) is 11.5 Å². The molecule has 58 heavy (non-hydrogen) atoms. The second-order valence-electron chi connectivity index (χ2n) is 14.6. The predicted octanol–water partition coefficient (Wildman–Crippen LogP) is 5.68. The van der Waals surface area contributed by atoms with Gasteiger partial charge >= 0.3 is 0 Å². The molecule has 0 spiro atoms. The van der Waals surface area contributed by atoms with E-state index in [4.69, 9.17) is 16.3 Å². The molecule has 300 valence electrons. The number of carbonyl (C=O) groups is 5. The summed E-state index contributed by atoms with van der Waals surface area (Å²) in [7, 11) is 0. The van der Waals surface area contributed by atoms with Crippen molar-refractivity contribution in [3.63, 3.8) is 0 Å². The van der Waals surface area contributed by atoms with Crippen LogP contribution >= 0.6 is 11.6 Å². The number of benzene rings is 4. The van der Waals surface area contributed by atoms with Crippen LogP contribution in [-0.2, 0) is 25.7 Å². The normalized spacial score (nSPS) is 17.4. The highest BCUT2D eigenvalue weighted by molar-refractivity contribution is 6.18. The minimum atomic E-state index is -0.749. The van der Waals surface area contributed by atoms with E-state index in [-0.39, 0.29) is 61.6 Å². The van der Waals surface area contributed by atoms with Gasteiger partial charge in [-0.05, 0) is 77.1 Å². The van der Waals surface area contributed by atoms with Gasteiger partial charge in [0.25, 0.3) is 5.91 Å². The van der Waals surface area contributed by atoms with E-state index in [1.807, 2.05) is 54.6 Å². The van der Waals surface area contributed by atoms with Crippen molar-refractivity contribution >= 4 is 58.0 Å². The number of amides is 5. The number of phenolic OH excluding ortho intramolecular Hbond substituents is 1. The number of aromatic hydroxyl groups is 1. The molecule has 12 nitrogen and oxygen atoms in total. The number of carbonyl (C=O) groups excluding carboxylic acids is 5. The van der Waals surface area contributed by atoms with Crippen LogP contribution in [0.3, 0.4) is 0 Å². The minimum absolute atomic E-state index is 0.00729. The van der Waals surface area contributed by atoms with Crippen LogP contribution in [0.15, 0.2) is 97.1 Å². The minimum Gasteiger partial charge on any atom is -0.508 e. The lowest BCUT2D eigenvalue weighted by molar-refractivity contribution is -0.137. The summed E-state index contributed by atoms with van der Waals surface area (Å²) in [5, 5.41) is 15.1. The van der Waals surface area contributed by atoms with E-state index in [2.05, 4.69) is 27.7 Å². The molecule has 1 unspecified atom stereocenters. The van der Waals surface area contributed by atoms with E-state index in [1.165, 1.54) is 4.90 Å². The molecule has 0 aromatic heterocycles. The molecule has 3 heterocycles. The number of phenols is 1. The molecule has 3 aliphatic heterocycles. The molecule has 2 fully saturated rings. The fourth-order valence-corrected chi connectivity index (χ4v) is 8.01. The maximum absolute atomic E-state index is 13.1. The number of imide groups is 1. The Morgan fingerprint density at radius 2 is 1.52 bits per heavy atom. The van der Waals surface area contributed by atoms with Crippen molar-refractivity contribution in [2.24, 2.45) is 0 Å². The van der Waals surface area contributed by atoms with Crippen LogP contribution in [-0.4, -0.2) is 101 Å². The van der Waals surface area contributed by atoms with Gasteiger partial charge in [0.1, 0.15) is 24.1 Å². The van der Waals surface area contributed by atoms with Crippen molar-refractivity contribution in [2.75, 3.05) is 50.5 Å². The molecule has 2 saturated heterocycles. The maximum Gasteiger partial charge on any atom is 0.255 e. The van der Waals surface area contributed by atoms with Gasteiger partial charge in [-0.15, -0.1) is 11.6 Å². The summed E-state index contributed by atoms with van der Waals surface area (Å²) >= 11 is 6.30. The number of anilines is 1. The van der Waals surface area contributed by atoms with Crippen molar-refractivity contribution < 1.29 is 33.8 Å². The Morgan fingerprint density at radius 3 is 2.21 bits per heavy atom. The fraction of sp³-hybridized carbons (Fsp3) is 0.311. The number of hydrogen-bond donors (Lipinski definition) is 3. The SMILES string of the molecule is O=C1CCC(N2Cc3c(NC(=O)CCC(=O)N4CCN(CCOc5ccc(C(=C(CCCl)c6ccccc6)c6ccc(O)cc6)cc5)CC4)cccc3C2=O)C(=O)N1. The average Bonchev–Trinajstić information content (AvgIpc) is 3.57. The first kappa shape index (κ1) is 40.2. The van der Waals surface area contributed by atoms with Crippen molar-refractivity contribution in [1.29, 1.82) is 0 Å². The largest absolute Gasteiger partial charge is 0.508 e. The molecule has 5 amide bonds. The summed E-state index contributed by atoms with van der Waals surface area (Å²) in [4.78, 5) is 68.7. The number of halogens is 1. The Bertz CT molecular complexity index is 2190. The molecular formula is C45H46ClN5O7. The van der Waals surface area contributed by atoms with E-state index < -0.39 is 11.9 Å². The third-order valence-corrected chi connectivity index (χ3v) is 11.1. The molecule has 3 aliphatic rings. The van der Waals surface area contributed by atoms with Gasteiger partial charge < -0.3 is 25.0 Å². The van der Waals surface area contributed by atoms with Crippen molar-refractivity contribution in [2.45, 2.75) is 44.7 Å². The first-order valence-corrected chi connectivity index (χ1v) is 20.2. The lowest BCUT2D eigenvalue weighted by atomic mass is 9.88. The van der Waals surface area contributed by atoms with E-state index >= 15 is 0 Å². The Morgan fingerprint density at radius 1 is 0.810 bits per heavy atom. The first-order valence-electron chi connectivity index (χ1n) is 19.6. The number of rotatable bonds is 14. The fourth-order valence-electron chi connectivity index (χ4n) is 7.82. The number of nitrogens with zero attached hydrogens (tertiary/aromatic N) is 3. The van der Waals surface area contributed by atoms with Crippen LogP contribution in [0.5, 0.6) is 11.5 Å². The van der Waals surface area contributed by atoms with Crippen LogP contribution in [0, 0.1) is 0 Å². The van der Waals surface area contributed by atoms with E-state index in [0.29, 0.717) is 68.4 Å². The van der Waals surface area contributed by atoms with Gasteiger partial charge in [-0.25, -0.2) is 0 Å². The van der Waals surface area contributed by atoms with E-state index in [9.17, 15) is 29.1 Å². The molecule has 0 saturated carbocycles. The van der Waals surface area contributed by atoms with E-state index in [0.717, 1.165) is 33.6 Å². The standard InChI is InChI=1S/C45H46ClN5O7/c46-22-21-35(30-5-2-1-3-6-30)43(31-9-13-33(52)14-10-31)32-11-15-34(16-12-32)58-28-27-49-23-25-50(26-24-49)42(55)20-19-40(53)47-38-8-4-7-36-37(38)29-51(45(36)57)39-17-18-41(54)48-44(39)56/h1-16,39,52H,17-29H2,(H,47,53)(H,48,54,56). The van der Waals surface area contributed by atoms with Gasteiger partial charge in [0.2, 0.25) is 23.6 Å². The molecule has 3 N–H and O–H groups in total. The second-order valence-corrected chi connectivity index (χ2v) is 15.0. The molecular weight excluding hydrogens is 758 g/mol. The Balaban J connectivity index is 0.868. The van der Waals surface area contributed by atoms with Crippen LogP contribution in [0.25, 0.3) is 11.1 Å². The Kier molecular flexibility index (Phi) is 12.8. The molecule has 4 aromatic carbocycles. The van der Waals surface area contributed by atoms with E-state index in [1.54, 1.807) is 35.2 Å². The zero-order valence-electron chi connectivity index (χ0n) is 32.1. The number of piperazine rings is 1. The highest BCUT2D eigenvalue weighted by Gasteiger charge is 2.40. The van der Waals surface area contributed by atoms with Gasteiger partial charge in [-0.1, -0.05) is 60.7 Å². The van der Waals surface area contributed by atoms with Crippen LogP contribution < -0.4 is 15.4 Å². The molecule has 13 heteroatoms. The third kappa shape index (κ3) is 9.41. The lowest BCUT2D eigenvalue weighted by Gasteiger charge is -2.34.